The Morgan fingerprint density at radius 3 is 2.17 bits per heavy atom. The SMILES string of the molecule is COc1ccc(Nc2ccnc(Nc3ccc(N4CCN(C)CC4)cc3)n2)cc1. The molecule has 0 radical (unpaired) electrons. The number of anilines is 5. The number of nitrogens with zero attached hydrogens (tertiary/aromatic N) is 4. The molecule has 1 aliphatic rings. The molecule has 2 aromatic carbocycles. The zero-order valence-corrected chi connectivity index (χ0v) is 16.8. The number of nitrogens with one attached hydrogen (secondary N) is 2. The van der Waals surface area contributed by atoms with Gasteiger partial charge in [-0.05, 0) is 61.6 Å². The lowest BCUT2D eigenvalue weighted by Crippen LogP contribution is -2.44. The van der Waals surface area contributed by atoms with Gasteiger partial charge >= 0.3 is 0 Å². The van der Waals surface area contributed by atoms with Crippen LogP contribution >= 0.6 is 0 Å². The van der Waals surface area contributed by atoms with Crippen molar-refractivity contribution in [3.05, 3.63) is 60.8 Å². The van der Waals surface area contributed by atoms with Gasteiger partial charge < -0.3 is 25.2 Å². The third-order valence-electron chi connectivity index (χ3n) is 5.01. The van der Waals surface area contributed by atoms with E-state index in [-0.39, 0.29) is 0 Å². The van der Waals surface area contributed by atoms with Gasteiger partial charge in [0.25, 0.3) is 0 Å². The standard InChI is InChI=1S/C22H26N6O/c1-27-13-15-28(16-14-27)19-7-3-18(4-8-19)25-22-23-12-11-21(26-22)24-17-5-9-20(29-2)10-6-17/h3-12H,13-16H2,1-2H3,(H2,23,24,25,26). The maximum absolute atomic E-state index is 5.19. The van der Waals surface area contributed by atoms with E-state index in [4.69, 9.17) is 4.74 Å². The zero-order chi connectivity index (χ0) is 20.1. The first-order valence-electron chi connectivity index (χ1n) is 9.74. The lowest BCUT2D eigenvalue weighted by Gasteiger charge is -2.34. The van der Waals surface area contributed by atoms with Crippen LogP contribution in [0.5, 0.6) is 5.75 Å². The number of likely N-dealkylation sites (N-methyl/N-ethyl adjacent to an activating group) is 1. The molecule has 0 spiro atoms. The quantitative estimate of drug-likeness (QED) is 0.665. The molecule has 0 bridgehead atoms. The highest BCUT2D eigenvalue weighted by molar-refractivity contribution is 5.62. The summed E-state index contributed by atoms with van der Waals surface area (Å²) in [6, 6.07) is 18.0. The number of hydrogen-bond donors (Lipinski definition) is 2. The third-order valence-corrected chi connectivity index (χ3v) is 5.01. The van der Waals surface area contributed by atoms with E-state index in [0.717, 1.165) is 49.1 Å². The molecule has 29 heavy (non-hydrogen) atoms. The van der Waals surface area contributed by atoms with Crippen LogP contribution in [0.3, 0.4) is 0 Å². The Morgan fingerprint density at radius 1 is 0.828 bits per heavy atom. The van der Waals surface area contributed by atoms with Gasteiger partial charge in [0.2, 0.25) is 5.95 Å². The molecule has 0 aliphatic carbocycles. The number of piperazine rings is 1. The number of rotatable bonds is 6. The van der Waals surface area contributed by atoms with E-state index < -0.39 is 0 Å². The number of benzene rings is 2. The Bertz CT molecular complexity index is 921. The topological polar surface area (TPSA) is 65.6 Å². The van der Waals surface area contributed by atoms with E-state index in [9.17, 15) is 0 Å². The van der Waals surface area contributed by atoms with Gasteiger partial charge in [0.05, 0.1) is 7.11 Å². The van der Waals surface area contributed by atoms with Crippen molar-refractivity contribution in [1.82, 2.24) is 14.9 Å². The fourth-order valence-corrected chi connectivity index (χ4v) is 3.26. The van der Waals surface area contributed by atoms with E-state index in [1.807, 2.05) is 30.3 Å². The van der Waals surface area contributed by atoms with Crippen molar-refractivity contribution < 1.29 is 4.74 Å². The van der Waals surface area contributed by atoms with Crippen LogP contribution in [-0.4, -0.2) is 55.2 Å². The Kier molecular flexibility index (Phi) is 5.76. The largest absolute Gasteiger partial charge is 0.497 e. The van der Waals surface area contributed by atoms with E-state index in [0.29, 0.717) is 5.95 Å². The van der Waals surface area contributed by atoms with E-state index in [1.165, 1.54) is 5.69 Å². The van der Waals surface area contributed by atoms with Gasteiger partial charge in [-0.15, -0.1) is 0 Å². The maximum Gasteiger partial charge on any atom is 0.229 e. The number of ether oxygens (including phenoxy) is 1. The summed E-state index contributed by atoms with van der Waals surface area (Å²) >= 11 is 0. The summed E-state index contributed by atoms with van der Waals surface area (Å²) in [7, 11) is 3.82. The van der Waals surface area contributed by atoms with Crippen molar-refractivity contribution in [1.29, 1.82) is 0 Å². The maximum atomic E-state index is 5.19. The van der Waals surface area contributed by atoms with Crippen LogP contribution in [0.4, 0.5) is 28.8 Å². The molecule has 0 saturated carbocycles. The summed E-state index contributed by atoms with van der Waals surface area (Å²) in [4.78, 5) is 13.6. The molecule has 0 unspecified atom stereocenters. The summed E-state index contributed by atoms with van der Waals surface area (Å²) in [5.74, 6) is 2.10. The van der Waals surface area contributed by atoms with Crippen LogP contribution in [0.1, 0.15) is 0 Å². The van der Waals surface area contributed by atoms with Crippen LogP contribution in [0.25, 0.3) is 0 Å². The number of methoxy groups -OCH3 is 1. The van der Waals surface area contributed by atoms with E-state index in [1.54, 1.807) is 13.3 Å². The van der Waals surface area contributed by atoms with Crippen LogP contribution in [0.2, 0.25) is 0 Å². The molecule has 0 amide bonds. The Balaban J connectivity index is 1.39. The molecule has 2 heterocycles. The fraction of sp³-hybridized carbons (Fsp3) is 0.273. The summed E-state index contributed by atoms with van der Waals surface area (Å²) in [5, 5.41) is 6.56. The van der Waals surface area contributed by atoms with Gasteiger partial charge in [-0.25, -0.2) is 4.98 Å². The van der Waals surface area contributed by atoms with Crippen LogP contribution in [-0.2, 0) is 0 Å². The van der Waals surface area contributed by atoms with Crippen molar-refractivity contribution in [2.45, 2.75) is 0 Å². The van der Waals surface area contributed by atoms with Gasteiger partial charge in [0.15, 0.2) is 0 Å². The predicted octanol–water partition coefficient (Wildman–Crippen LogP) is 3.72. The molecule has 3 aromatic rings. The second-order valence-electron chi connectivity index (χ2n) is 7.08. The highest BCUT2D eigenvalue weighted by Gasteiger charge is 2.14. The first-order chi connectivity index (χ1) is 14.2. The Morgan fingerprint density at radius 2 is 1.48 bits per heavy atom. The molecule has 0 atom stereocenters. The molecule has 4 rings (SSSR count). The molecular formula is C22H26N6O. The van der Waals surface area contributed by atoms with Gasteiger partial charge in [0.1, 0.15) is 11.6 Å². The molecule has 1 aliphatic heterocycles. The third kappa shape index (κ3) is 4.94. The minimum atomic E-state index is 0.552. The summed E-state index contributed by atoms with van der Waals surface area (Å²) in [6.45, 7) is 4.32. The minimum Gasteiger partial charge on any atom is -0.497 e. The molecule has 7 nitrogen and oxygen atoms in total. The van der Waals surface area contributed by atoms with Crippen LogP contribution in [0.15, 0.2) is 60.8 Å². The molecular weight excluding hydrogens is 364 g/mol. The molecule has 1 saturated heterocycles. The van der Waals surface area contributed by atoms with Gasteiger partial charge in [-0.2, -0.15) is 4.98 Å². The van der Waals surface area contributed by atoms with Crippen molar-refractivity contribution >= 4 is 28.8 Å². The van der Waals surface area contributed by atoms with Crippen LogP contribution < -0.4 is 20.3 Å². The predicted molar refractivity (Wildman–Crippen MR) is 118 cm³/mol. The average Bonchev–Trinajstić information content (AvgIpc) is 2.76. The van der Waals surface area contributed by atoms with Crippen LogP contribution in [0, 0.1) is 0 Å². The molecule has 1 fully saturated rings. The smallest absolute Gasteiger partial charge is 0.229 e. The van der Waals surface area contributed by atoms with Gasteiger partial charge in [-0.1, -0.05) is 0 Å². The van der Waals surface area contributed by atoms with Crippen molar-refractivity contribution in [3.8, 4) is 5.75 Å². The second-order valence-corrected chi connectivity index (χ2v) is 7.08. The summed E-state index contributed by atoms with van der Waals surface area (Å²) in [5.41, 5.74) is 3.15. The minimum absolute atomic E-state index is 0.552. The second kappa shape index (κ2) is 8.79. The Labute approximate surface area is 171 Å². The first kappa shape index (κ1) is 19.0. The Hall–Kier alpha value is -3.32. The van der Waals surface area contributed by atoms with Gasteiger partial charge in [-0.3, -0.25) is 0 Å². The van der Waals surface area contributed by atoms with E-state index >= 15 is 0 Å². The van der Waals surface area contributed by atoms with Crippen molar-refractivity contribution in [2.24, 2.45) is 0 Å². The molecule has 150 valence electrons. The van der Waals surface area contributed by atoms with Gasteiger partial charge in [0, 0.05) is 49.4 Å². The van der Waals surface area contributed by atoms with E-state index in [2.05, 4.69) is 61.7 Å². The highest BCUT2D eigenvalue weighted by Crippen LogP contribution is 2.22. The zero-order valence-electron chi connectivity index (χ0n) is 16.8. The highest BCUT2D eigenvalue weighted by atomic mass is 16.5. The van der Waals surface area contributed by atoms with Crippen molar-refractivity contribution in [3.63, 3.8) is 0 Å². The molecule has 2 N–H and O–H groups in total. The lowest BCUT2D eigenvalue weighted by molar-refractivity contribution is 0.313. The molecule has 7 heteroatoms. The summed E-state index contributed by atoms with van der Waals surface area (Å²) in [6.07, 6.45) is 1.74. The summed E-state index contributed by atoms with van der Waals surface area (Å²) < 4.78 is 5.19. The first-order valence-corrected chi connectivity index (χ1v) is 9.74. The molecule has 1 aromatic heterocycles. The number of aromatic nitrogens is 2. The van der Waals surface area contributed by atoms with Crippen molar-refractivity contribution in [2.75, 3.05) is 55.9 Å². The normalized spacial score (nSPS) is 14.5. The lowest BCUT2D eigenvalue weighted by atomic mass is 10.2. The fourth-order valence-electron chi connectivity index (χ4n) is 3.26. The monoisotopic (exact) mass is 390 g/mol. The number of hydrogen-bond acceptors (Lipinski definition) is 7. The average molecular weight is 390 g/mol.